The highest BCUT2D eigenvalue weighted by molar-refractivity contribution is 5.86. The van der Waals surface area contributed by atoms with Crippen molar-refractivity contribution in [3.63, 3.8) is 0 Å². The molecule has 0 radical (unpaired) electrons. The minimum absolute atomic E-state index is 0.144. The maximum atomic E-state index is 12.9. The standard InChI is InChI=1S/C16H23N3O/c17-16(9-3-1-4-10-16)15(20)19(14-7-8-14)12-13-6-2-5-11-18-13/h2,5-6,11,14H,1,3-4,7-10,12,17H2. The van der Waals surface area contributed by atoms with Crippen LogP contribution in [0, 0.1) is 0 Å². The van der Waals surface area contributed by atoms with Gasteiger partial charge in [-0.3, -0.25) is 9.78 Å². The van der Waals surface area contributed by atoms with Gasteiger partial charge in [-0.1, -0.05) is 25.3 Å². The fourth-order valence-corrected chi connectivity index (χ4v) is 3.10. The maximum absolute atomic E-state index is 12.9. The zero-order valence-electron chi connectivity index (χ0n) is 11.9. The summed E-state index contributed by atoms with van der Waals surface area (Å²) in [6.45, 7) is 0.600. The van der Waals surface area contributed by atoms with Crippen LogP contribution in [0.5, 0.6) is 0 Å². The van der Waals surface area contributed by atoms with E-state index in [4.69, 9.17) is 5.73 Å². The van der Waals surface area contributed by atoms with E-state index in [9.17, 15) is 4.79 Å². The number of aromatic nitrogens is 1. The van der Waals surface area contributed by atoms with Crippen LogP contribution >= 0.6 is 0 Å². The number of carbonyl (C=O) groups is 1. The fraction of sp³-hybridized carbons (Fsp3) is 0.625. The Hall–Kier alpha value is -1.42. The van der Waals surface area contributed by atoms with Gasteiger partial charge in [0.1, 0.15) is 0 Å². The van der Waals surface area contributed by atoms with Crippen molar-refractivity contribution in [2.24, 2.45) is 5.73 Å². The van der Waals surface area contributed by atoms with E-state index in [0.717, 1.165) is 44.2 Å². The van der Waals surface area contributed by atoms with Gasteiger partial charge in [0.2, 0.25) is 5.91 Å². The first-order valence-corrected chi connectivity index (χ1v) is 7.69. The number of hydrogen-bond donors (Lipinski definition) is 1. The summed E-state index contributed by atoms with van der Waals surface area (Å²) in [5.74, 6) is 0.144. The molecule has 2 N–H and O–H groups in total. The van der Waals surface area contributed by atoms with Crippen LogP contribution in [-0.2, 0) is 11.3 Å². The summed E-state index contributed by atoms with van der Waals surface area (Å²) in [5.41, 5.74) is 6.73. The number of amides is 1. The lowest BCUT2D eigenvalue weighted by Gasteiger charge is -2.37. The lowest BCUT2D eigenvalue weighted by Crippen LogP contribution is -2.56. The second-order valence-electron chi connectivity index (χ2n) is 6.20. The molecule has 0 saturated heterocycles. The van der Waals surface area contributed by atoms with Crippen LogP contribution in [0.4, 0.5) is 0 Å². The zero-order chi connectivity index (χ0) is 14.0. The van der Waals surface area contributed by atoms with E-state index in [1.54, 1.807) is 6.20 Å². The first-order valence-electron chi connectivity index (χ1n) is 7.69. The molecule has 1 aromatic heterocycles. The molecule has 108 valence electrons. The molecule has 0 atom stereocenters. The minimum Gasteiger partial charge on any atom is -0.332 e. The van der Waals surface area contributed by atoms with Crippen molar-refractivity contribution in [1.82, 2.24) is 9.88 Å². The molecule has 4 heteroatoms. The van der Waals surface area contributed by atoms with E-state index in [-0.39, 0.29) is 5.91 Å². The Bertz CT molecular complexity index is 464. The Balaban J connectivity index is 1.75. The molecule has 2 saturated carbocycles. The number of nitrogens with two attached hydrogens (primary N) is 1. The highest BCUT2D eigenvalue weighted by Crippen LogP contribution is 2.34. The summed E-state index contributed by atoms with van der Waals surface area (Å²) in [4.78, 5) is 19.2. The number of pyridine rings is 1. The molecule has 2 aliphatic carbocycles. The third-order valence-corrected chi connectivity index (χ3v) is 4.48. The minimum atomic E-state index is -0.629. The van der Waals surface area contributed by atoms with Gasteiger partial charge in [-0.05, 0) is 37.8 Å². The Kier molecular flexibility index (Phi) is 3.74. The number of hydrogen-bond acceptors (Lipinski definition) is 3. The van der Waals surface area contributed by atoms with Gasteiger partial charge in [-0.2, -0.15) is 0 Å². The van der Waals surface area contributed by atoms with Crippen LogP contribution in [0.25, 0.3) is 0 Å². The molecular weight excluding hydrogens is 250 g/mol. The van der Waals surface area contributed by atoms with Gasteiger partial charge >= 0.3 is 0 Å². The van der Waals surface area contributed by atoms with Gasteiger partial charge in [-0.15, -0.1) is 0 Å². The number of carbonyl (C=O) groups excluding carboxylic acids is 1. The van der Waals surface area contributed by atoms with Gasteiger partial charge < -0.3 is 10.6 Å². The Morgan fingerprint density at radius 3 is 2.65 bits per heavy atom. The van der Waals surface area contributed by atoms with Crippen LogP contribution < -0.4 is 5.73 Å². The van der Waals surface area contributed by atoms with Gasteiger partial charge in [0, 0.05) is 12.2 Å². The van der Waals surface area contributed by atoms with Crippen LogP contribution in [0.3, 0.4) is 0 Å². The van der Waals surface area contributed by atoms with E-state index < -0.39 is 5.54 Å². The highest BCUT2D eigenvalue weighted by Gasteiger charge is 2.43. The number of rotatable bonds is 4. The molecule has 1 aromatic rings. The fourth-order valence-electron chi connectivity index (χ4n) is 3.10. The number of nitrogens with zero attached hydrogens (tertiary/aromatic N) is 2. The largest absolute Gasteiger partial charge is 0.332 e. The predicted molar refractivity (Wildman–Crippen MR) is 77.8 cm³/mol. The van der Waals surface area contributed by atoms with Crippen molar-refractivity contribution >= 4 is 5.91 Å². The van der Waals surface area contributed by atoms with Gasteiger partial charge in [0.25, 0.3) is 0 Å². The molecule has 3 rings (SSSR count). The first-order chi connectivity index (χ1) is 9.69. The SMILES string of the molecule is NC1(C(=O)N(Cc2ccccn2)C2CC2)CCCCC1. The lowest BCUT2D eigenvalue weighted by molar-refractivity contribution is -0.139. The Morgan fingerprint density at radius 2 is 2.05 bits per heavy atom. The van der Waals surface area contributed by atoms with Gasteiger partial charge in [-0.25, -0.2) is 0 Å². The molecule has 0 unspecified atom stereocenters. The molecule has 20 heavy (non-hydrogen) atoms. The molecule has 0 aromatic carbocycles. The molecule has 2 aliphatic rings. The van der Waals surface area contributed by atoms with Gasteiger partial charge in [0.05, 0.1) is 17.8 Å². The first kappa shape index (κ1) is 13.6. The molecule has 0 spiro atoms. The molecule has 0 bridgehead atoms. The van der Waals surface area contributed by atoms with Crippen LogP contribution in [-0.4, -0.2) is 27.4 Å². The second-order valence-corrected chi connectivity index (χ2v) is 6.20. The van der Waals surface area contributed by atoms with E-state index in [1.807, 2.05) is 23.1 Å². The van der Waals surface area contributed by atoms with Gasteiger partial charge in [0.15, 0.2) is 0 Å². The summed E-state index contributed by atoms with van der Waals surface area (Å²) in [6, 6.07) is 6.23. The van der Waals surface area contributed by atoms with Crippen LogP contribution in [0.15, 0.2) is 24.4 Å². The molecule has 1 amide bonds. The summed E-state index contributed by atoms with van der Waals surface area (Å²) < 4.78 is 0. The zero-order valence-corrected chi connectivity index (χ0v) is 11.9. The van der Waals surface area contributed by atoms with Crippen molar-refractivity contribution in [1.29, 1.82) is 0 Å². The summed E-state index contributed by atoms with van der Waals surface area (Å²) in [7, 11) is 0. The highest BCUT2D eigenvalue weighted by atomic mass is 16.2. The Labute approximate surface area is 120 Å². The van der Waals surface area contributed by atoms with E-state index in [0.29, 0.717) is 12.6 Å². The van der Waals surface area contributed by atoms with Crippen molar-refractivity contribution in [3.8, 4) is 0 Å². The van der Waals surface area contributed by atoms with E-state index in [2.05, 4.69) is 4.98 Å². The molecule has 1 heterocycles. The van der Waals surface area contributed by atoms with E-state index >= 15 is 0 Å². The molecule has 2 fully saturated rings. The quantitative estimate of drug-likeness (QED) is 0.915. The monoisotopic (exact) mass is 273 g/mol. The van der Waals surface area contributed by atoms with Crippen LogP contribution in [0.1, 0.15) is 50.6 Å². The van der Waals surface area contributed by atoms with Crippen LogP contribution in [0.2, 0.25) is 0 Å². The summed E-state index contributed by atoms with van der Waals surface area (Å²) in [6.07, 6.45) is 9.01. The van der Waals surface area contributed by atoms with Crippen molar-refractivity contribution in [2.45, 2.75) is 63.1 Å². The average molecular weight is 273 g/mol. The topological polar surface area (TPSA) is 59.2 Å². The van der Waals surface area contributed by atoms with Crippen molar-refractivity contribution in [2.75, 3.05) is 0 Å². The molecular formula is C16H23N3O. The second kappa shape index (κ2) is 5.52. The third kappa shape index (κ3) is 2.85. The Morgan fingerprint density at radius 1 is 1.30 bits per heavy atom. The van der Waals surface area contributed by atoms with Crippen molar-refractivity contribution in [3.05, 3.63) is 30.1 Å². The summed E-state index contributed by atoms with van der Waals surface area (Å²) >= 11 is 0. The third-order valence-electron chi connectivity index (χ3n) is 4.48. The van der Waals surface area contributed by atoms with Crippen molar-refractivity contribution < 1.29 is 4.79 Å². The summed E-state index contributed by atoms with van der Waals surface area (Å²) in [5, 5.41) is 0. The smallest absolute Gasteiger partial charge is 0.243 e. The maximum Gasteiger partial charge on any atom is 0.243 e. The lowest BCUT2D eigenvalue weighted by atomic mass is 9.81. The molecule has 4 nitrogen and oxygen atoms in total. The molecule has 0 aliphatic heterocycles. The average Bonchev–Trinajstić information content (AvgIpc) is 3.30. The van der Waals surface area contributed by atoms with E-state index in [1.165, 1.54) is 6.42 Å². The normalized spacial score (nSPS) is 21.4. The predicted octanol–water partition coefficient (Wildman–Crippen LogP) is 2.23.